The van der Waals surface area contributed by atoms with E-state index >= 15 is 0 Å². The van der Waals surface area contributed by atoms with Crippen LogP contribution in [0, 0.1) is 0 Å². The van der Waals surface area contributed by atoms with E-state index in [0.29, 0.717) is 6.54 Å². The number of hydrogen-bond donors (Lipinski definition) is 0. The molecule has 0 aromatic rings. The van der Waals surface area contributed by atoms with Crippen molar-refractivity contribution in [1.29, 1.82) is 0 Å². The number of nitrogens with zero attached hydrogens (tertiary/aromatic N) is 1. The second-order valence-corrected chi connectivity index (χ2v) is 5.68. The summed E-state index contributed by atoms with van der Waals surface area (Å²) in [6, 6.07) is 0.0165. The smallest absolute Gasteiger partial charge is 0.148 e. The molecule has 0 fully saturated rings. The molecule has 0 saturated carbocycles. The van der Waals surface area contributed by atoms with Crippen molar-refractivity contribution in [1.82, 2.24) is 4.90 Å². The zero-order chi connectivity index (χ0) is 10.5. The zero-order valence-electron chi connectivity index (χ0n) is 8.20. The standard InChI is InChI=1S/C8H16ClNO2S/c1-8(7-13(3,11)12)10(2)6-4-5-9/h4-5,8H,6-7H2,1-3H3/b5-4+. The van der Waals surface area contributed by atoms with Crippen molar-refractivity contribution in [2.24, 2.45) is 0 Å². The van der Waals surface area contributed by atoms with Gasteiger partial charge in [-0.05, 0) is 14.0 Å². The molecule has 0 saturated heterocycles. The van der Waals surface area contributed by atoms with Gasteiger partial charge >= 0.3 is 0 Å². The van der Waals surface area contributed by atoms with Crippen LogP contribution in [0.3, 0.4) is 0 Å². The molecule has 0 aliphatic heterocycles. The van der Waals surface area contributed by atoms with E-state index in [1.54, 1.807) is 6.08 Å². The van der Waals surface area contributed by atoms with Crippen LogP contribution >= 0.6 is 11.6 Å². The van der Waals surface area contributed by atoms with Crippen molar-refractivity contribution in [3.63, 3.8) is 0 Å². The molecule has 1 unspecified atom stereocenters. The maximum atomic E-state index is 10.9. The van der Waals surface area contributed by atoms with E-state index in [1.165, 1.54) is 11.8 Å². The van der Waals surface area contributed by atoms with Gasteiger partial charge in [-0.15, -0.1) is 0 Å². The van der Waals surface area contributed by atoms with Gasteiger partial charge in [0.15, 0.2) is 0 Å². The highest BCUT2D eigenvalue weighted by Gasteiger charge is 2.13. The molecule has 0 spiro atoms. The number of sulfone groups is 1. The SMILES string of the molecule is CC(CS(C)(=O)=O)N(C)C/C=C/Cl. The first-order chi connectivity index (χ1) is 5.87. The Morgan fingerprint density at radius 1 is 1.54 bits per heavy atom. The van der Waals surface area contributed by atoms with Crippen molar-refractivity contribution in [2.75, 3.05) is 25.6 Å². The number of halogens is 1. The van der Waals surface area contributed by atoms with Gasteiger partial charge in [0.05, 0.1) is 5.75 Å². The first-order valence-electron chi connectivity index (χ1n) is 4.00. The van der Waals surface area contributed by atoms with Crippen LogP contribution in [0.2, 0.25) is 0 Å². The Hall–Kier alpha value is -0.0600. The van der Waals surface area contributed by atoms with E-state index in [0.717, 1.165) is 0 Å². The largest absolute Gasteiger partial charge is 0.299 e. The van der Waals surface area contributed by atoms with Gasteiger partial charge in [-0.1, -0.05) is 17.7 Å². The van der Waals surface area contributed by atoms with Crippen molar-refractivity contribution in [2.45, 2.75) is 13.0 Å². The topological polar surface area (TPSA) is 37.4 Å². The Kier molecular flexibility index (Phi) is 5.60. The molecule has 0 rings (SSSR count). The first-order valence-corrected chi connectivity index (χ1v) is 6.49. The van der Waals surface area contributed by atoms with Gasteiger partial charge in [-0.2, -0.15) is 0 Å². The summed E-state index contributed by atoms with van der Waals surface area (Å²) in [4.78, 5) is 1.93. The molecule has 0 aliphatic carbocycles. The minimum absolute atomic E-state index is 0.0165. The molecular formula is C8H16ClNO2S. The first kappa shape index (κ1) is 12.9. The van der Waals surface area contributed by atoms with Crippen molar-refractivity contribution >= 4 is 21.4 Å². The summed E-state index contributed by atoms with van der Waals surface area (Å²) < 4.78 is 21.9. The maximum absolute atomic E-state index is 10.9. The molecule has 0 amide bonds. The third-order valence-electron chi connectivity index (χ3n) is 1.78. The van der Waals surface area contributed by atoms with Gasteiger partial charge in [0.1, 0.15) is 9.84 Å². The summed E-state index contributed by atoms with van der Waals surface area (Å²) in [5, 5.41) is 0. The number of rotatable bonds is 5. The van der Waals surface area contributed by atoms with Crippen molar-refractivity contribution in [3.8, 4) is 0 Å². The Morgan fingerprint density at radius 2 is 2.08 bits per heavy atom. The highest BCUT2D eigenvalue weighted by molar-refractivity contribution is 7.90. The minimum atomic E-state index is -2.89. The molecular weight excluding hydrogens is 210 g/mol. The third-order valence-corrected chi connectivity index (χ3v) is 3.04. The Bertz CT molecular complexity index is 261. The lowest BCUT2D eigenvalue weighted by atomic mass is 10.3. The van der Waals surface area contributed by atoms with Gasteiger partial charge in [-0.3, -0.25) is 4.90 Å². The Balaban J connectivity index is 4.03. The van der Waals surface area contributed by atoms with Crippen LogP contribution in [-0.2, 0) is 9.84 Å². The molecule has 0 aliphatic rings. The average molecular weight is 226 g/mol. The van der Waals surface area contributed by atoms with Crippen molar-refractivity contribution < 1.29 is 8.42 Å². The second-order valence-electron chi connectivity index (χ2n) is 3.24. The van der Waals surface area contributed by atoms with E-state index in [4.69, 9.17) is 11.6 Å². The average Bonchev–Trinajstić information content (AvgIpc) is 1.96. The van der Waals surface area contributed by atoms with E-state index in [1.807, 2.05) is 18.9 Å². The van der Waals surface area contributed by atoms with Crippen LogP contribution in [0.15, 0.2) is 11.6 Å². The van der Waals surface area contributed by atoms with Crippen molar-refractivity contribution in [3.05, 3.63) is 11.6 Å². The Labute approximate surface area is 85.3 Å². The lowest BCUT2D eigenvalue weighted by molar-refractivity contribution is 0.304. The van der Waals surface area contributed by atoms with Crippen LogP contribution in [0.1, 0.15) is 6.92 Å². The Morgan fingerprint density at radius 3 is 2.46 bits per heavy atom. The number of hydrogen-bond acceptors (Lipinski definition) is 3. The lowest BCUT2D eigenvalue weighted by Gasteiger charge is -2.22. The molecule has 13 heavy (non-hydrogen) atoms. The normalized spacial score (nSPS) is 15.5. The highest BCUT2D eigenvalue weighted by atomic mass is 35.5. The van der Waals surface area contributed by atoms with Gasteiger partial charge in [0.2, 0.25) is 0 Å². The van der Waals surface area contributed by atoms with Crippen LogP contribution in [0.4, 0.5) is 0 Å². The lowest BCUT2D eigenvalue weighted by Crippen LogP contribution is -2.34. The van der Waals surface area contributed by atoms with E-state index in [-0.39, 0.29) is 11.8 Å². The summed E-state index contributed by atoms with van der Waals surface area (Å²) in [6.45, 7) is 2.54. The fourth-order valence-electron chi connectivity index (χ4n) is 0.951. The van der Waals surface area contributed by atoms with Gasteiger partial charge in [0, 0.05) is 24.4 Å². The zero-order valence-corrected chi connectivity index (χ0v) is 9.77. The van der Waals surface area contributed by atoms with Gasteiger partial charge in [-0.25, -0.2) is 8.42 Å². The summed E-state index contributed by atoms with van der Waals surface area (Å²) in [7, 11) is -1.02. The number of likely N-dealkylation sites (N-methyl/N-ethyl adjacent to an activating group) is 1. The van der Waals surface area contributed by atoms with E-state index in [9.17, 15) is 8.42 Å². The summed E-state index contributed by atoms with van der Waals surface area (Å²) in [6.07, 6.45) is 3.02. The van der Waals surface area contributed by atoms with Crippen LogP contribution in [-0.4, -0.2) is 45.0 Å². The van der Waals surface area contributed by atoms with Gasteiger partial charge < -0.3 is 0 Å². The van der Waals surface area contributed by atoms with Crippen LogP contribution < -0.4 is 0 Å². The molecule has 78 valence electrons. The fraction of sp³-hybridized carbons (Fsp3) is 0.750. The van der Waals surface area contributed by atoms with Gasteiger partial charge in [0.25, 0.3) is 0 Å². The summed E-state index contributed by atoms with van der Waals surface area (Å²) in [5.41, 5.74) is 1.43. The second kappa shape index (κ2) is 5.62. The molecule has 0 N–H and O–H groups in total. The third kappa shape index (κ3) is 7.05. The summed E-state index contributed by atoms with van der Waals surface area (Å²) >= 11 is 5.36. The highest BCUT2D eigenvalue weighted by Crippen LogP contribution is 1.99. The van der Waals surface area contributed by atoms with Crippen LogP contribution in [0.25, 0.3) is 0 Å². The molecule has 0 aromatic carbocycles. The van der Waals surface area contributed by atoms with Crippen LogP contribution in [0.5, 0.6) is 0 Å². The monoisotopic (exact) mass is 225 g/mol. The quantitative estimate of drug-likeness (QED) is 0.704. The predicted molar refractivity (Wildman–Crippen MR) is 56.8 cm³/mol. The molecule has 0 aromatic heterocycles. The fourth-order valence-corrected chi connectivity index (χ4v) is 2.16. The molecule has 0 radical (unpaired) electrons. The summed E-state index contributed by atoms with van der Waals surface area (Å²) in [5.74, 6) is 0.180. The molecule has 5 heteroatoms. The minimum Gasteiger partial charge on any atom is -0.299 e. The molecule has 0 heterocycles. The van der Waals surface area contributed by atoms with E-state index < -0.39 is 9.84 Å². The molecule has 0 bridgehead atoms. The maximum Gasteiger partial charge on any atom is 0.148 e. The molecule has 3 nitrogen and oxygen atoms in total. The van der Waals surface area contributed by atoms with E-state index in [2.05, 4.69) is 0 Å². The predicted octanol–water partition coefficient (Wildman–Crippen LogP) is 1.10. The molecule has 1 atom stereocenters.